The van der Waals surface area contributed by atoms with Crippen LogP contribution in [0.25, 0.3) is 0 Å². The lowest BCUT2D eigenvalue weighted by Gasteiger charge is -2.26. The lowest BCUT2D eigenvalue weighted by atomic mass is 10.1. The molecule has 31 heavy (non-hydrogen) atoms. The summed E-state index contributed by atoms with van der Waals surface area (Å²) in [7, 11) is 1.65. The average molecular weight is 428 g/mol. The van der Waals surface area contributed by atoms with Crippen LogP contribution in [0.4, 0.5) is 0 Å². The average Bonchev–Trinajstić information content (AvgIpc) is 2.78. The molecule has 0 unspecified atom stereocenters. The van der Waals surface area contributed by atoms with Crippen LogP contribution in [-0.2, 0) is 13.0 Å². The Hall–Kier alpha value is -2.15. The van der Waals surface area contributed by atoms with Crippen molar-refractivity contribution in [2.75, 3.05) is 39.9 Å². The molecule has 1 aliphatic rings. The molecule has 2 heterocycles. The first kappa shape index (κ1) is 23.5. The number of hydrogen-bond acceptors (Lipinski definition) is 6. The van der Waals surface area contributed by atoms with Crippen molar-refractivity contribution < 1.29 is 14.6 Å². The topological polar surface area (TPSA) is 66.8 Å². The van der Waals surface area contributed by atoms with Gasteiger partial charge in [0.1, 0.15) is 12.7 Å². The number of aliphatic hydroxyl groups is 1. The van der Waals surface area contributed by atoms with E-state index in [1.165, 1.54) is 32.1 Å². The standard InChI is InChI=1S/C25H37N3O3/c1-30-25-17-21(18-26-14-12-22-9-5-6-13-27-22)10-11-24(25)31-20-23(29)19-28-15-7-3-2-4-8-16-28/h5-6,9-11,13,17,23,26,29H,2-4,7-8,12,14-16,18-20H2,1H3/t23-/m0/s1. The monoisotopic (exact) mass is 427 g/mol. The molecule has 1 aromatic heterocycles. The van der Waals surface area contributed by atoms with Crippen LogP contribution in [0.15, 0.2) is 42.6 Å². The van der Waals surface area contributed by atoms with Crippen LogP contribution in [0.1, 0.15) is 43.4 Å². The van der Waals surface area contributed by atoms with Gasteiger partial charge in [-0.05, 0) is 55.8 Å². The molecule has 1 aliphatic heterocycles. The highest BCUT2D eigenvalue weighted by atomic mass is 16.5. The van der Waals surface area contributed by atoms with E-state index in [9.17, 15) is 5.11 Å². The molecule has 1 fully saturated rings. The third-order valence-electron chi connectivity index (χ3n) is 5.69. The smallest absolute Gasteiger partial charge is 0.161 e. The van der Waals surface area contributed by atoms with Gasteiger partial charge in [0.05, 0.1) is 7.11 Å². The summed E-state index contributed by atoms with van der Waals surface area (Å²) in [6, 6.07) is 11.9. The number of hydrogen-bond donors (Lipinski definition) is 2. The predicted octanol–water partition coefficient (Wildman–Crippen LogP) is 3.43. The second-order valence-electron chi connectivity index (χ2n) is 8.27. The third-order valence-corrected chi connectivity index (χ3v) is 5.69. The molecule has 0 spiro atoms. The van der Waals surface area contributed by atoms with E-state index in [4.69, 9.17) is 9.47 Å². The highest BCUT2D eigenvalue weighted by molar-refractivity contribution is 5.43. The lowest BCUT2D eigenvalue weighted by molar-refractivity contribution is 0.0645. The number of nitrogens with one attached hydrogen (secondary N) is 1. The largest absolute Gasteiger partial charge is 0.493 e. The number of rotatable bonds is 11. The highest BCUT2D eigenvalue weighted by Crippen LogP contribution is 2.28. The van der Waals surface area contributed by atoms with E-state index in [2.05, 4.69) is 15.2 Å². The van der Waals surface area contributed by atoms with E-state index in [1.807, 2.05) is 42.6 Å². The first-order valence-corrected chi connectivity index (χ1v) is 11.6. The molecular weight excluding hydrogens is 390 g/mol. The molecule has 170 valence electrons. The lowest BCUT2D eigenvalue weighted by Crippen LogP contribution is -2.37. The van der Waals surface area contributed by atoms with Gasteiger partial charge >= 0.3 is 0 Å². The van der Waals surface area contributed by atoms with Crippen molar-refractivity contribution in [1.82, 2.24) is 15.2 Å². The fourth-order valence-electron chi connectivity index (χ4n) is 3.97. The van der Waals surface area contributed by atoms with E-state index in [1.54, 1.807) is 7.11 Å². The Morgan fingerprint density at radius 3 is 2.61 bits per heavy atom. The van der Waals surface area contributed by atoms with Crippen LogP contribution in [0.3, 0.4) is 0 Å². The molecule has 0 amide bonds. The van der Waals surface area contributed by atoms with Gasteiger partial charge in [-0.2, -0.15) is 0 Å². The van der Waals surface area contributed by atoms with Gasteiger partial charge in [0.25, 0.3) is 0 Å². The Morgan fingerprint density at radius 2 is 1.87 bits per heavy atom. The van der Waals surface area contributed by atoms with Gasteiger partial charge in [-0.1, -0.05) is 31.4 Å². The summed E-state index contributed by atoms with van der Waals surface area (Å²) in [5.41, 5.74) is 2.22. The Kier molecular flexibility index (Phi) is 10.1. The predicted molar refractivity (Wildman–Crippen MR) is 124 cm³/mol. The first-order chi connectivity index (χ1) is 15.2. The third kappa shape index (κ3) is 8.48. The van der Waals surface area contributed by atoms with Crippen LogP contribution >= 0.6 is 0 Å². The van der Waals surface area contributed by atoms with Gasteiger partial charge in [0.2, 0.25) is 0 Å². The second-order valence-corrected chi connectivity index (χ2v) is 8.27. The van der Waals surface area contributed by atoms with Gasteiger partial charge in [-0.15, -0.1) is 0 Å². The molecule has 6 nitrogen and oxygen atoms in total. The van der Waals surface area contributed by atoms with E-state index >= 15 is 0 Å². The van der Waals surface area contributed by atoms with Crippen LogP contribution in [0, 0.1) is 0 Å². The van der Waals surface area contributed by atoms with Gasteiger partial charge in [0.15, 0.2) is 11.5 Å². The normalized spacial score (nSPS) is 16.3. The molecule has 1 aromatic carbocycles. The number of benzene rings is 1. The van der Waals surface area contributed by atoms with E-state index in [-0.39, 0.29) is 6.61 Å². The molecule has 0 bridgehead atoms. The zero-order chi connectivity index (χ0) is 21.7. The summed E-state index contributed by atoms with van der Waals surface area (Å²) in [5, 5.41) is 13.9. The Labute approximate surface area is 186 Å². The number of likely N-dealkylation sites (tertiary alicyclic amines) is 1. The summed E-state index contributed by atoms with van der Waals surface area (Å²) in [5.74, 6) is 1.37. The molecular formula is C25H37N3O3. The van der Waals surface area contributed by atoms with Gasteiger partial charge in [-0.25, -0.2) is 0 Å². The van der Waals surface area contributed by atoms with Crippen molar-refractivity contribution in [3.8, 4) is 11.5 Å². The quantitative estimate of drug-likeness (QED) is 0.536. The van der Waals surface area contributed by atoms with Crippen molar-refractivity contribution in [1.29, 1.82) is 0 Å². The molecule has 0 aliphatic carbocycles. The number of aromatic nitrogens is 1. The maximum absolute atomic E-state index is 10.5. The summed E-state index contributed by atoms with van der Waals surface area (Å²) in [4.78, 5) is 6.71. The zero-order valence-corrected chi connectivity index (χ0v) is 18.8. The van der Waals surface area contributed by atoms with E-state index in [0.717, 1.165) is 43.9 Å². The number of methoxy groups -OCH3 is 1. The highest BCUT2D eigenvalue weighted by Gasteiger charge is 2.15. The molecule has 2 N–H and O–H groups in total. The van der Waals surface area contributed by atoms with Crippen molar-refractivity contribution in [2.45, 2.75) is 51.2 Å². The molecule has 3 rings (SSSR count). The Balaban J connectivity index is 1.42. The van der Waals surface area contributed by atoms with Crippen LogP contribution in [0.2, 0.25) is 0 Å². The number of pyridine rings is 1. The van der Waals surface area contributed by atoms with Crippen LogP contribution in [-0.4, -0.2) is 61.0 Å². The fourth-order valence-corrected chi connectivity index (χ4v) is 3.97. The van der Waals surface area contributed by atoms with Crippen molar-refractivity contribution >= 4 is 0 Å². The summed E-state index contributed by atoms with van der Waals surface area (Å²) < 4.78 is 11.4. The SMILES string of the molecule is COc1cc(CNCCc2ccccn2)ccc1OC[C@@H](O)CN1CCCCCCC1. The van der Waals surface area contributed by atoms with Crippen molar-refractivity contribution in [3.63, 3.8) is 0 Å². The Morgan fingerprint density at radius 1 is 1.06 bits per heavy atom. The molecule has 2 aromatic rings. The maximum Gasteiger partial charge on any atom is 0.161 e. The van der Waals surface area contributed by atoms with Crippen LogP contribution in [0.5, 0.6) is 11.5 Å². The van der Waals surface area contributed by atoms with Gasteiger partial charge in [-0.3, -0.25) is 4.98 Å². The fraction of sp³-hybridized carbons (Fsp3) is 0.560. The molecule has 0 radical (unpaired) electrons. The van der Waals surface area contributed by atoms with Crippen molar-refractivity contribution in [3.05, 3.63) is 53.9 Å². The number of aliphatic hydroxyl groups excluding tert-OH is 1. The summed E-state index contributed by atoms with van der Waals surface area (Å²) in [6.07, 6.45) is 8.60. The van der Waals surface area contributed by atoms with Crippen molar-refractivity contribution in [2.24, 2.45) is 0 Å². The van der Waals surface area contributed by atoms with Crippen LogP contribution < -0.4 is 14.8 Å². The summed E-state index contributed by atoms with van der Waals surface area (Å²) in [6.45, 7) is 4.70. The number of nitrogens with zero attached hydrogens (tertiary/aromatic N) is 2. The number of β-amino-alcohol motifs (C(OH)–C–C–N with tert-alkyl or cyclic N) is 1. The summed E-state index contributed by atoms with van der Waals surface area (Å²) >= 11 is 0. The molecule has 1 saturated heterocycles. The maximum atomic E-state index is 10.5. The first-order valence-electron chi connectivity index (χ1n) is 11.6. The second kappa shape index (κ2) is 13.3. The minimum atomic E-state index is -0.503. The van der Waals surface area contributed by atoms with E-state index < -0.39 is 6.10 Å². The van der Waals surface area contributed by atoms with E-state index in [0.29, 0.717) is 18.0 Å². The minimum Gasteiger partial charge on any atom is -0.493 e. The van der Waals surface area contributed by atoms with Gasteiger partial charge < -0.3 is 24.8 Å². The molecule has 6 heteroatoms. The zero-order valence-electron chi connectivity index (χ0n) is 18.8. The molecule has 0 saturated carbocycles. The molecule has 1 atom stereocenters. The van der Waals surface area contributed by atoms with Gasteiger partial charge in [0, 0.05) is 37.9 Å². The number of ether oxygens (including phenoxy) is 2. The minimum absolute atomic E-state index is 0.272. The Bertz CT molecular complexity index is 749.